The summed E-state index contributed by atoms with van der Waals surface area (Å²) in [6.45, 7) is 1.15. The van der Waals surface area contributed by atoms with Gasteiger partial charge in [-0.3, -0.25) is 9.69 Å². The normalized spacial score (nSPS) is 14.5. The van der Waals surface area contributed by atoms with Crippen LogP contribution in [0.1, 0.15) is 28.9 Å². The summed E-state index contributed by atoms with van der Waals surface area (Å²) in [5.74, 6) is 0.152. The predicted molar refractivity (Wildman–Crippen MR) is 89.6 cm³/mol. The lowest BCUT2D eigenvalue weighted by Gasteiger charge is -2.21. The molecule has 0 amide bonds. The second-order valence-electron chi connectivity index (χ2n) is 5.81. The fourth-order valence-electron chi connectivity index (χ4n) is 2.64. The van der Waals surface area contributed by atoms with E-state index in [-0.39, 0.29) is 5.78 Å². The molecule has 0 bridgehead atoms. The number of nitrogens with zero attached hydrogens (tertiary/aromatic N) is 2. The highest BCUT2D eigenvalue weighted by Crippen LogP contribution is 2.30. The Labute approximate surface area is 140 Å². The minimum Gasteiger partial charge on any atom is -0.348 e. The van der Waals surface area contributed by atoms with Crippen LogP contribution in [0.5, 0.6) is 0 Å². The predicted octanol–water partition coefficient (Wildman–Crippen LogP) is 4.18. The first-order chi connectivity index (χ1) is 10.5. The summed E-state index contributed by atoms with van der Waals surface area (Å²) in [5, 5.41) is 1.12. The standard InChI is InChI=1S/C17H18Cl2N2O/c1-20-8-2-3-16(20)17(22)11-21(13-5-6-13)10-12-4-7-14(18)15(19)9-12/h2-4,7-9,13H,5-6,10-11H2,1H3. The lowest BCUT2D eigenvalue weighted by atomic mass is 10.2. The molecule has 1 aromatic carbocycles. The molecule has 5 heteroatoms. The van der Waals surface area contributed by atoms with Gasteiger partial charge in [0.1, 0.15) is 0 Å². The van der Waals surface area contributed by atoms with Crippen molar-refractivity contribution in [3.63, 3.8) is 0 Å². The number of aryl methyl sites for hydroxylation is 1. The van der Waals surface area contributed by atoms with Gasteiger partial charge in [0, 0.05) is 25.8 Å². The van der Waals surface area contributed by atoms with E-state index in [9.17, 15) is 4.79 Å². The van der Waals surface area contributed by atoms with E-state index < -0.39 is 0 Å². The number of halogens is 2. The second kappa shape index (κ2) is 6.45. The SMILES string of the molecule is Cn1cccc1C(=O)CN(Cc1ccc(Cl)c(Cl)c1)C1CC1. The van der Waals surface area contributed by atoms with E-state index in [4.69, 9.17) is 23.2 Å². The van der Waals surface area contributed by atoms with Crippen molar-refractivity contribution >= 4 is 29.0 Å². The van der Waals surface area contributed by atoms with Crippen LogP contribution in [0.3, 0.4) is 0 Å². The summed E-state index contributed by atoms with van der Waals surface area (Å²) in [4.78, 5) is 14.7. The Morgan fingerprint density at radius 2 is 2.05 bits per heavy atom. The molecule has 1 heterocycles. The highest BCUT2D eigenvalue weighted by molar-refractivity contribution is 6.42. The van der Waals surface area contributed by atoms with Gasteiger partial charge in [-0.1, -0.05) is 29.3 Å². The third-order valence-corrected chi connectivity index (χ3v) is 4.75. The second-order valence-corrected chi connectivity index (χ2v) is 6.63. The van der Waals surface area contributed by atoms with E-state index in [1.807, 2.05) is 48.1 Å². The Bertz CT molecular complexity index is 692. The zero-order valence-electron chi connectivity index (χ0n) is 12.4. The zero-order valence-corrected chi connectivity index (χ0v) is 13.9. The number of aromatic nitrogens is 1. The van der Waals surface area contributed by atoms with Crippen molar-refractivity contribution in [3.8, 4) is 0 Å². The Balaban J connectivity index is 1.72. The first-order valence-corrected chi connectivity index (χ1v) is 8.12. The summed E-state index contributed by atoms with van der Waals surface area (Å²) >= 11 is 12.0. The van der Waals surface area contributed by atoms with Crippen LogP contribution in [0, 0.1) is 0 Å². The number of carbonyl (C=O) groups excluding carboxylic acids is 1. The molecule has 1 aliphatic carbocycles. The maximum absolute atomic E-state index is 12.5. The number of carbonyl (C=O) groups is 1. The minimum atomic E-state index is 0.152. The minimum absolute atomic E-state index is 0.152. The fraction of sp³-hybridized carbons (Fsp3) is 0.353. The molecule has 3 rings (SSSR count). The molecule has 0 radical (unpaired) electrons. The van der Waals surface area contributed by atoms with Gasteiger partial charge >= 0.3 is 0 Å². The van der Waals surface area contributed by atoms with Crippen LogP contribution < -0.4 is 0 Å². The molecule has 3 nitrogen and oxygen atoms in total. The molecular formula is C17H18Cl2N2O. The van der Waals surface area contributed by atoms with E-state index in [1.54, 1.807) is 0 Å². The van der Waals surface area contributed by atoms with Crippen LogP contribution >= 0.6 is 23.2 Å². The topological polar surface area (TPSA) is 25.2 Å². The van der Waals surface area contributed by atoms with E-state index >= 15 is 0 Å². The van der Waals surface area contributed by atoms with Crippen molar-refractivity contribution < 1.29 is 4.79 Å². The molecule has 0 N–H and O–H groups in total. The van der Waals surface area contributed by atoms with Gasteiger partial charge in [0.15, 0.2) is 5.78 Å². The first kappa shape index (κ1) is 15.6. The lowest BCUT2D eigenvalue weighted by molar-refractivity contribution is 0.0911. The average molecular weight is 337 g/mol. The van der Waals surface area contributed by atoms with Gasteiger partial charge in [0.05, 0.1) is 22.3 Å². The van der Waals surface area contributed by atoms with Gasteiger partial charge in [-0.15, -0.1) is 0 Å². The van der Waals surface area contributed by atoms with Crippen molar-refractivity contribution in [1.82, 2.24) is 9.47 Å². The van der Waals surface area contributed by atoms with Gasteiger partial charge in [-0.2, -0.15) is 0 Å². The summed E-state index contributed by atoms with van der Waals surface area (Å²) in [6.07, 6.45) is 4.21. The van der Waals surface area contributed by atoms with Gasteiger partial charge in [0.25, 0.3) is 0 Å². The highest BCUT2D eigenvalue weighted by atomic mass is 35.5. The number of benzene rings is 1. The van der Waals surface area contributed by atoms with Gasteiger partial charge in [-0.05, 0) is 42.7 Å². The van der Waals surface area contributed by atoms with Gasteiger partial charge < -0.3 is 4.57 Å². The molecule has 0 spiro atoms. The largest absolute Gasteiger partial charge is 0.348 e. The molecule has 0 atom stereocenters. The van der Waals surface area contributed by atoms with Crippen LogP contribution in [0.4, 0.5) is 0 Å². The summed E-state index contributed by atoms with van der Waals surface area (Å²) in [7, 11) is 1.90. The molecule has 116 valence electrons. The van der Waals surface area contributed by atoms with Crippen molar-refractivity contribution in [2.24, 2.45) is 7.05 Å². The zero-order chi connectivity index (χ0) is 15.7. The quantitative estimate of drug-likeness (QED) is 0.739. The third kappa shape index (κ3) is 3.54. The molecular weight excluding hydrogens is 319 g/mol. The third-order valence-electron chi connectivity index (χ3n) is 4.01. The summed E-state index contributed by atoms with van der Waals surface area (Å²) in [6, 6.07) is 9.92. The van der Waals surface area contributed by atoms with Crippen LogP contribution in [-0.4, -0.2) is 27.8 Å². The smallest absolute Gasteiger partial charge is 0.193 e. The van der Waals surface area contributed by atoms with Crippen molar-refractivity contribution in [3.05, 3.63) is 57.8 Å². The molecule has 2 aromatic rings. The van der Waals surface area contributed by atoms with Crippen molar-refractivity contribution in [2.45, 2.75) is 25.4 Å². The Morgan fingerprint density at radius 3 is 2.64 bits per heavy atom. The summed E-state index contributed by atoms with van der Waals surface area (Å²) < 4.78 is 1.87. The first-order valence-electron chi connectivity index (χ1n) is 7.37. The maximum Gasteiger partial charge on any atom is 0.193 e. The van der Waals surface area contributed by atoms with E-state index in [1.165, 1.54) is 0 Å². The summed E-state index contributed by atoms with van der Waals surface area (Å²) in [5.41, 5.74) is 1.83. The molecule has 22 heavy (non-hydrogen) atoms. The number of Topliss-reactive ketones (excluding diaryl/α,β-unsaturated/α-hetero) is 1. The van der Waals surface area contributed by atoms with E-state index in [2.05, 4.69) is 4.90 Å². The van der Waals surface area contributed by atoms with Crippen molar-refractivity contribution in [2.75, 3.05) is 6.54 Å². The van der Waals surface area contributed by atoms with Crippen LogP contribution in [0.15, 0.2) is 36.5 Å². The van der Waals surface area contributed by atoms with Gasteiger partial charge in [-0.25, -0.2) is 0 Å². The molecule has 1 fully saturated rings. The maximum atomic E-state index is 12.5. The number of ketones is 1. The monoisotopic (exact) mass is 336 g/mol. The van der Waals surface area contributed by atoms with E-state index in [0.717, 1.165) is 30.6 Å². The number of hydrogen-bond donors (Lipinski definition) is 0. The van der Waals surface area contributed by atoms with Gasteiger partial charge in [0.2, 0.25) is 0 Å². The molecule has 1 aliphatic rings. The highest BCUT2D eigenvalue weighted by Gasteiger charge is 2.30. The number of hydrogen-bond acceptors (Lipinski definition) is 2. The molecule has 0 aliphatic heterocycles. The Kier molecular flexibility index (Phi) is 4.57. The van der Waals surface area contributed by atoms with E-state index in [0.29, 0.717) is 22.6 Å². The molecule has 0 unspecified atom stereocenters. The van der Waals surface area contributed by atoms with Crippen molar-refractivity contribution in [1.29, 1.82) is 0 Å². The Morgan fingerprint density at radius 1 is 1.27 bits per heavy atom. The Hall–Kier alpha value is -1.29. The van der Waals surface area contributed by atoms with Crippen LogP contribution in [-0.2, 0) is 13.6 Å². The molecule has 1 aromatic heterocycles. The van der Waals surface area contributed by atoms with Crippen LogP contribution in [0.25, 0.3) is 0 Å². The van der Waals surface area contributed by atoms with Crippen LogP contribution in [0.2, 0.25) is 10.0 Å². The fourth-order valence-corrected chi connectivity index (χ4v) is 2.96. The lowest BCUT2D eigenvalue weighted by Crippen LogP contribution is -2.32. The molecule has 1 saturated carbocycles. The average Bonchev–Trinajstić information content (AvgIpc) is 3.24. The molecule has 0 saturated heterocycles. The number of rotatable bonds is 6.